The van der Waals surface area contributed by atoms with Gasteiger partial charge in [-0.05, 0) is 31.5 Å². The summed E-state index contributed by atoms with van der Waals surface area (Å²) in [5, 5.41) is 0. The molecule has 82 valence electrons. The van der Waals surface area contributed by atoms with E-state index in [-0.39, 0.29) is 5.78 Å². The molecule has 0 fully saturated rings. The van der Waals surface area contributed by atoms with E-state index in [4.69, 9.17) is 0 Å². The Bertz CT molecular complexity index is 316. The zero-order chi connectivity index (χ0) is 11.3. The van der Waals surface area contributed by atoms with Gasteiger partial charge in [-0.3, -0.25) is 9.69 Å². The van der Waals surface area contributed by atoms with Crippen LogP contribution in [0.1, 0.15) is 25.0 Å². The Morgan fingerprint density at radius 2 is 1.73 bits per heavy atom. The van der Waals surface area contributed by atoms with Crippen LogP contribution in [0.15, 0.2) is 24.3 Å². The van der Waals surface area contributed by atoms with E-state index < -0.39 is 0 Å². The van der Waals surface area contributed by atoms with Crippen molar-refractivity contribution in [3.05, 3.63) is 35.4 Å². The van der Waals surface area contributed by atoms with Crippen molar-refractivity contribution in [2.45, 2.75) is 26.8 Å². The van der Waals surface area contributed by atoms with Crippen LogP contribution in [0.4, 0.5) is 0 Å². The molecule has 2 nitrogen and oxygen atoms in total. The molecule has 0 spiro atoms. The van der Waals surface area contributed by atoms with Crippen molar-refractivity contribution in [1.82, 2.24) is 4.90 Å². The van der Waals surface area contributed by atoms with Gasteiger partial charge in [-0.25, -0.2) is 0 Å². The monoisotopic (exact) mass is 205 g/mol. The van der Waals surface area contributed by atoms with Gasteiger partial charge in [-0.2, -0.15) is 0 Å². The summed E-state index contributed by atoms with van der Waals surface area (Å²) in [6.45, 7) is 5.13. The zero-order valence-electron chi connectivity index (χ0n) is 9.79. The molecule has 1 aromatic carbocycles. The number of benzene rings is 1. The molecule has 0 N–H and O–H groups in total. The van der Waals surface area contributed by atoms with Gasteiger partial charge in [0.15, 0.2) is 0 Å². The number of carbonyl (C=O) groups excluding carboxylic acids is 1. The van der Waals surface area contributed by atoms with Gasteiger partial charge in [-0.1, -0.05) is 31.2 Å². The van der Waals surface area contributed by atoms with E-state index in [9.17, 15) is 4.79 Å². The van der Waals surface area contributed by atoms with Gasteiger partial charge in [-0.15, -0.1) is 0 Å². The van der Waals surface area contributed by atoms with Crippen molar-refractivity contribution < 1.29 is 4.79 Å². The molecule has 0 radical (unpaired) electrons. The Morgan fingerprint density at radius 3 is 2.20 bits per heavy atom. The maximum absolute atomic E-state index is 10.9. The first-order chi connectivity index (χ1) is 7.11. The van der Waals surface area contributed by atoms with Gasteiger partial charge in [0.25, 0.3) is 0 Å². The highest BCUT2D eigenvalue weighted by atomic mass is 16.1. The molecular formula is C13H19NO. The number of nitrogens with zero attached hydrogens (tertiary/aromatic N) is 1. The Morgan fingerprint density at radius 1 is 1.20 bits per heavy atom. The number of Topliss-reactive ketones (excluding diaryl/α,β-unsaturated/α-hetero) is 1. The number of hydrogen-bond donors (Lipinski definition) is 0. The number of ketones is 1. The minimum atomic E-state index is 0.211. The Labute approximate surface area is 91.9 Å². The standard InChI is InChI=1S/C13H19NO/c1-4-12-5-7-13(8-6-12)10-14(3)9-11(2)15/h5-8H,4,9-10H2,1-3H3. The van der Waals surface area contributed by atoms with Gasteiger partial charge in [0, 0.05) is 6.54 Å². The number of likely N-dealkylation sites (N-methyl/N-ethyl adjacent to an activating group) is 1. The fourth-order valence-electron chi connectivity index (χ4n) is 1.63. The molecule has 0 amide bonds. The highest BCUT2D eigenvalue weighted by Crippen LogP contribution is 2.07. The smallest absolute Gasteiger partial charge is 0.143 e. The van der Waals surface area contributed by atoms with Crippen molar-refractivity contribution in [1.29, 1.82) is 0 Å². The fraction of sp³-hybridized carbons (Fsp3) is 0.462. The van der Waals surface area contributed by atoms with E-state index >= 15 is 0 Å². The fourth-order valence-corrected chi connectivity index (χ4v) is 1.63. The van der Waals surface area contributed by atoms with E-state index in [2.05, 4.69) is 31.2 Å². The van der Waals surface area contributed by atoms with E-state index in [1.54, 1.807) is 6.92 Å². The molecule has 2 heteroatoms. The van der Waals surface area contributed by atoms with E-state index in [1.165, 1.54) is 11.1 Å². The molecule has 0 saturated carbocycles. The van der Waals surface area contributed by atoms with Crippen LogP contribution in [0.25, 0.3) is 0 Å². The van der Waals surface area contributed by atoms with E-state index in [1.807, 2.05) is 11.9 Å². The predicted octanol–water partition coefficient (Wildman–Crippen LogP) is 2.27. The minimum absolute atomic E-state index is 0.211. The van der Waals surface area contributed by atoms with Gasteiger partial charge in [0.1, 0.15) is 5.78 Å². The molecular weight excluding hydrogens is 186 g/mol. The molecule has 0 atom stereocenters. The summed E-state index contributed by atoms with van der Waals surface area (Å²) in [7, 11) is 1.97. The Balaban J connectivity index is 2.53. The van der Waals surface area contributed by atoms with Crippen LogP contribution in [0.2, 0.25) is 0 Å². The lowest BCUT2D eigenvalue weighted by Crippen LogP contribution is -2.23. The SMILES string of the molecule is CCc1ccc(CN(C)CC(C)=O)cc1. The zero-order valence-corrected chi connectivity index (χ0v) is 9.79. The topological polar surface area (TPSA) is 20.3 Å². The molecule has 0 aliphatic heterocycles. The molecule has 1 rings (SSSR count). The molecule has 0 aromatic heterocycles. The van der Waals surface area contributed by atoms with Crippen LogP contribution in [-0.2, 0) is 17.8 Å². The molecule has 15 heavy (non-hydrogen) atoms. The van der Waals surface area contributed by atoms with E-state index in [0.29, 0.717) is 6.54 Å². The molecule has 0 aliphatic rings. The van der Waals surface area contributed by atoms with Crippen molar-refractivity contribution in [2.75, 3.05) is 13.6 Å². The first kappa shape index (κ1) is 11.9. The first-order valence-corrected chi connectivity index (χ1v) is 5.37. The summed E-state index contributed by atoms with van der Waals surface area (Å²) in [5.41, 5.74) is 2.61. The lowest BCUT2D eigenvalue weighted by atomic mass is 10.1. The van der Waals surface area contributed by atoms with Crippen molar-refractivity contribution >= 4 is 5.78 Å². The summed E-state index contributed by atoms with van der Waals surface area (Å²) >= 11 is 0. The number of carbonyl (C=O) groups is 1. The van der Waals surface area contributed by atoms with Crippen LogP contribution in [0, 0.1) is 0 Å². The number of rotatable bonds is 5. The first-order valence-electron chi connectivity index (χ1n) is 5.37. The van der Waals surface area contributed by atoms with Crippen molar-refractivity contribution in [3.8, 4) is 0 Å². The quantitative estimate of drug-likeness (QED) is 0.735. The largest absolute Gasteiger partial charge is 0.299 e. The third kappa shape index (κ3) is 4.26. The average Bonchev–Trinajstić information content (AvgIpc) is 2.17. The second-order valence-electron chi connectivity index (χ2n) is 4.04. The van der Waals surface area contributed by atoms with Gasteiger partial charge in [0.2, 0.25) is 0 Å². The van der Waals surface area contributed by atoms with Gasteiger partial charge in [0.05, 0.1) is 6.54 Å². The van der Waals surface area contributed by atoms with Crippen LogP contribution in [0.5, 0.6) is 0 Å². The maximum atomic E-state index is 10.9. The van der Waals surface area contributed by atoms with Crippen molar-refractivity contribution in [3.63, 3.8) is 0 Å². The molecule has 0 bridgehead atoms. The summed E-state index contributed by atoms with van der Waals surface area (Å²) in [4.78, 5) is 12.9. The summed E-state index contributed by atoms with van der Waals surface area (Å²) < 4.78 is 0. The van der Waals surface area contributed by atoms with Crippen LogP contribution >= 0.6 is 0 Å². The maximum Gasteiger partial charge on any atom is 0.143 e. The summed E-state index contributed by atoms with van der Waals surface area (Å²) in [6.07, 6.45) is 1.07. The van der Waals surface area contributed by atoms with Crippen LogP contribution in [0.3, 0.4) is 0 Å². The second kappa shape index (κ2) is 5.66. The molecule has 0 aliphatic carbocycles. The van der Waals surface area contributed by atoms with Crippen LogP contribution < -0.4 is 0 Å². The number of aryl methyl sites for hydroxylation is 1. The summed E-state index contributed by atoms with van der Waals surface area (Å²) in [6, 6.07) is 8.57. The Hall–Kier alpha value is -1.15. The van der Waals surface area contributed by atoms with Crippen molar-refractivity contribution in [2.24, 2.45) is 0 Å². The molecule has 0 unspecified atom stereocenters. The lowest BCUT2D eigenvalue weighted by molar-refractivity contribution is -0.117. The average molecular weight is 205 g/mol. The number of hydrogen-bond acceptors (Lipinski definition) is 2. The minimum Gasteiger partial charge on any atom is -0.299 e. The lowest BCUT2D eigenvalue weighted by Gasteiger charge is -2.14. The van der Waals surface area contributed by atoms with Crippen LogP contribution in [-0.4, -0.2) is 24.3 Å². The third-order valence-corrected chi connectivity index (χ3v) is 2.38. The molecule has 0 heterocycles. The Kier molecular flexibility index (Phi) is 4.50. The highest BCUT2D eigenvalue weighted by molar-refractivity contribution is 5.77. The summed E-state index contributed by atoms with van der Waals surface area (Å²) in [5.74, 6) is 0.211. The molecule has 1 aromatic rings. The second-order valence-corrected chi connectivity index (χ2v) is 4.04. The highest BCUT2D eigenvalue weighted by Gasteiger charge is 2.02. The van der Waals surface area contributed by atoms with Gasteiger partial charge >= 0.3 is 0 Å². The predicted molar refractivity (Wildman–Crippen MR) is 62.8 cm³/mol. The third-order valence-electron chi connectivity index (χ3n) is 2.38. The van der Waals surface area contributed by atoms with E-state index in [0.717, 1.165) is 13.0 Å². The normalized spacial score (nSPS) is 10.7. The molecule has 0 saturated heterocycles. The van der Waals surface area contributed by atoms with Gasteiger partial charge < -0.3 is 0 Å².